The molecule has 3 aliphatic rings. The van der Waals surface area contributed by atoms with Crippen molar-refractivity contribution in [2.75, 3.05) is 26.2 Å². The number of Topliss-reactive ketones (excluding diaryl/α,β-unsaturated/α-hetero) is 1. The van der Waals surface area contributed by atoms with Crippen LogP contribution in [0, 0.1) is 23.2 Å². The van der Waals surface area contributed by atoms with Crippen LogP contribution in [0.4, 0.5) is 4.79 Å². The molecular formula is C35H60N6O6. The average molecular weight is 661 g/mol. The first kappa shape index (κ1) is 38.3. The van der Waals surface area contributed by atoms with E-state index in [0.717, 1.165) is 38.5 Å². The lowest BCUT2D eigenvalue weighted by Crippen LogP contribution is -2.61. The molecule has 2 aliphatic heterocycles. The Balaban J connectivity index is 1.69. The minimum absolute atomic E-state index is 0.0540. The summed E-state index contributed by atoms with van der Waals surface area (Å²) < 4.78 is 0. The van der Waals surface area contributed by atoms with Crippen LogP contribution in [0.3, 0.4) is 0 Å². The van der Waals surface area contributed by atoms with E-state index >= 15 is 0 Å². The standard InChI is InChI=1S/C35H60N6O6/c1-22(2)20-36-32(45)29(43)25(17-16-24-12-10-13-24)37-31(44)27-14-11-19-41(27)33(46)30(35(5,6)7)39-34(47)38-26(23(3)4)21-40-18-9-8-15-28(40)42/h22-27,30H,8-21H2,1-7H3,(H,36,45)(H,37,44)(H2,38,39,47)/t25?,26-,27+,30-/m1/s1. The molecule has 12 heteroatoms. The number of hydrogen-bond donors (Lipinski definition) is 4. The van der Waals surface area contributed by atoms with Crippen molar-refractivity contribution >= 4 is 35.4 Å². The summed E-state index contributed by atoms with van der Waals surface area (Å²) >= 11 is 0. The number of nitrogens with one attached hydrogen (secondary N) is 4. The number of hydrogen-bond acceptors (Lipinski definition) is 6. The minimum Gasteiger partial charge on any atom is -0.349 e. The number of piperidine rings is 1. The van der Waals surface area contributed by atoms with Gasteiger partial charge in [-0.2, -0.15) is 0 Å². The Morgan fingerprint density at radius 3 is 2.15 bits per heavy atom. The fourth-order valence-electron chi connectivity index (χ4n) is 6.44. The smallest absolute Gasteiger partial charge is 0.315 e. The first-order valence-electron chi connectivity index (χ1n) is 17.9. The average Bonchev–Trinajstić information content (AvgIpc) is 3.47. The molecule has 12 nitrogen and oxygen atoms in total. The Bertz CT molecular complexity index is 1130. The highest BCUT2D eigenvalue weighted by Crippen LogP contribution is 2.31. The highest BCUT2D eigenvalue weighted by atomic mass is 16.2. The van der Waals surface area contributed by atoms with Gasteiger partial charge in [0.15, 0.2) is 0 Å². The van der Waals surface area contributed by atoms with Gasteiger partial charge < -0.3 is 31.1 Å². The molecule has 0 aromatic rings. The Kier molecular flexibility index (Phi) is 14.1. The summed E-state index contributed by atoms with van der Waals surface area (Å²) in [5.74, 6) is -1.38. The Hall–Kier alpha value is -3.18. The summed E-state index contributed by atoms with van der Waals surface area (Å²) in [6.07, 6.45) is 7.80. The molecule has 4 N–H and O–H groups in total. The lowest BCUT2D eigenvalue weighted by molar-refractivity contribution is -0.144. The molecule has 47 heavy (non-hydrogen) atoms. The molecule has 0 bridgehead atoms. The van der Waals surface area contributed by atoms with Crippen LogP contribution in [0.25, 0.3) is 0 Å². The van der Waals surface area contributed by atoms with Gasteiger partial charge in [0.05, 0.1) is 12.1 Å². The summed E-state index contributed by atoms with van der Waals surface area (Å²) in [6.45, 7) is 15.2. The number of likely N-dealkylation sites (tertiary alicyclic amines) is 2. The topological polar surface area (TPSA) is 157 Å². The molecular weight excluding hydrogens is 600 g/mol. The van der Waals surface area contributed by atoms with Crippen LogP contribution in [0.2, 0.25) is 0 Å². The monoisotopic (exact) mass is 660 g/mol. The Labute approximate surface area is 281 Å². The first-order chi connectivity index (χ1) is 22.1. The van der Waals surface area contributed by atoms with Crippen LogP contribution < -0.4 is 21.3 Å². The van der Waals surface area contributed by atoms with Gasteiger partial charge in [-0.1, -0.05) is 67.7 Å². The number of nitrogens with zero attached hydrogens (tertiary/aromatic N) is 2. The van der Waals surface area contributed by atoms with Crippen molar-refractivity contribution in [3.05, 3.63) is 0 Å². The zero-order chi connectivity index (χ0) is 34.9. The van der Waals surface area contributed by atoms with E-state index in [-0.39, 0.29) is 29.7 Å². The molecule has 266 valence electrons. The number of carbonyl (C=O) groups is 6. The van der Waals surface area contributed by atoms with Crippen LogP contribution >= 0.6 is 0 Å². The third-order valence-corrected chi connectivity index (χ3v) is 9.80. The van der Waals surface area contributed by atoms with Gasteiger partial charge in [-0.25, -0.2) is 4.79 Å². The van der Waals surface area contributed by atoms with Gasteiger partial charge in [0.25, 0.3) is 5.91 Å². The van der Waals surface area contributed by atoms with E-state index in [9.17, 15) is 28.8 Å². The third kappa shape index (κ3) is 11.2. The molecule has 3 fully saturated rings. The van der Waals surface area contributed by atoms with Crippen LogP contribution in [-0.4, -0.2) is 95.6 Å². The molecule has 0 aromatic heterocycles. The van der Waals surface area contributed by atoms with Crippen molar-refractivity contribution in [1.29, 1.82) is 0 Å². The Morgan fingerprint density at radius 1 is 0.872 bits per heavy atom. The maximum absolute atomic E-state index is 14.1. The minimum atomic E-state index is -0.963. The molecule has 0 aromatic carbocycles. The molecule has 0 radical (unpaired) electrons. The quantitative estimate of drug-likeness (QED) is 0.198. The number of urea groups is 1. The maximum atomic E-state index is 14.1. The van der Waals surface area contributed by atoms with Gasteiger partial charge in [-0.05, 0) is 61.7 Å². The van der Waals surface area contributed by atoms with E-state index in [1.165, 1.54) is 4.90 Å². The van der Waals surface area contributed by atoms with E-state index < -0.39 is 47.2 Å². The zero-order valence-corrected chi connectivity index (χ0v) is 29.8. The van der Waals surface area contributed by atoms with Gasteiger partial charge in [0.2, 0.25) is 23.5 Å². The SMILES string of the molecule is CC(C)CNC(=O)C(=O)C(CCC1CCC1)NC(=O)[C@@H]1CCCN1C(=O)[C@@H](NC(=O)N[C@H](CN1CCCCC1=O)C(C)C)C(C)(C)C. The lowest BCUT2D eigenvalue weighted by Gasteiger charge is -2.37. The van der Waals surface area contributed by atoms with Gasteiger partial charge in [0, 0.05) is 32.6 Å². The van der Waals surface area contributed by atoms with Crippen molar-refractivity contribution in [2.24, 2.45) is 23.2 Å². The number of ketones is 1. The molecule has 0 spiro atoms. The summed E-state index contributed by atoms with van der Waals surface area (Å²) in [6, 6.07) is -3.52. The normalized spacial score (nSPS) is 20.8. The van der Waals surface area contributed by atoms with Crippen LogP contribution in [0.5, 0.6) is 0 Å². The van der Waals surface area contributed by atoms with Gasteiger partial charge in [-0.3, -0.25) is 24.0 Å². The second-order valence-electron chi connectivity index (χ2n) is 15.7. The second kappa shape index (κ2) is 17.3. The van der Waals surface area contributed by atoms with Crippen molar-refractivity contribution in [3.63, 3.8) is 0 Å². The molecule has 3 rings (SSSR count). The number of amides is 6. The highest BCUT2D eigenvalue weighted by Gasteiger charge is 2.43. The largest absolute Gasteiger partial charge is 0.349 e. The lowest BCUT2D eigenvalue weighted by atomic mass is 9.81. The van der Waals surface area contributed by atoms with Crippen molar-refractivity contribution in [3.8, 4) is 0 Å². The Morgan fingerprint density at radius 2 is 1.57 bits per heavy atom. The predicted octanol–water partition coefficient (Wildman–Crippen LogP) is 3.13. The first-order valence-corrected chi connectivity index (χ1v) is 17.9. The maximum Gasteiger partial charge on any atom is 0.315 e. The van der Waals surface area contributed by atoms with Gasteiger partial charge >= 0.3 is 6.03 Å². The second-order valence-corrected chi connectivity index (χ2v) is 15.7. The van der Waals surface area contributed by atoms with Crippen LogP contribution in [-0.2, 0) is 24.0 Å². The highest BCUT2D eigenvalue weighted by molar-refractivity contribution is 6.38. The summed E-state index contributed by atoms with van der Waals surface area (Å²) in [5.41, 5.74) is -0.677. The third-order valence-electron chi connectivity index (χ3n) is 9.80. The van der Waals surface area contributed by atoms with Crippen molar-refractivity contribution in [1.82, 2.24) is 31.1 Å². The van der Waals surface area contributed by atoms with Crippen LogP contribution in [0.15, 0.2) is 0 Å². The summed E-state index contributed by atoms with van der Waals surface area (Å²) in [4.78, 5) is 82.8. The molecule has 4 atom stereocenters. The van der Waals surface area contributed by atoms with E-state index in [4.69, 9.17) is 0 Å². The predicted molar refractivity (Wildman–Crippen MR) is 180 cm³/mol. The van der Waals surface area contributed by atoms with E-state index in [1.54, 1.807) is 4.90 Å². The molecule has 6 amide bonds. The molecule has 1 saturated carbocycles. The van der Waals surface area contributed by atoms with Crippen molar-refractivity contribution < 1.29 is 28.8 Å². The van der Waals surface area contributed by atoms with Crippen LogP contribution in [0.1, 0.15) is 113 Å². The molecule has 2 saturated heterocycles. The fourth-order valence-corrected chi connectivity index (χ4v) is 6.44. The van der Waals surface area contributed by atoms with E-state index in [0.29, 0.717) is 57.8 Å². The molecule has 1 aliphatic carbocycles. The summed E-state index contributed by atoms with van der Waals surface area (Å²) in [5, 5.41) is 11.4. The van der Waals surface area contributed by atoms with Gasteiger partial charge in [-0.15, -0.1) is 0 Å². The van der Waals surface area contributed by atoms with Crippen molar-refractivity contribution in [2.45, 2.75) is 137 Å². The van der Waals surface area contributed by atoms with Gasteiger partial charge in [0.1, 0.15) is 12.1 Å². The fraction of sp³-hybridized carbons (Fsp3) is 0.829. The number of carbonyl (C=O) groups excluding carboxylic acids is 6. The van der Waals surface area contributed by atoms with E-state index in [1.807, 2.05) is 48.5 Å². The molecule has 2 heterocycles. The summed E-state index contributed by atoms with van der Waals surface area (Å²) in [7, 11) is 0. The zero-order valence-electron chi connectivity index (χ0n) is 29.8. The molecule has 1 unspecified atom stereocenters. The number of rotatable bonds is 15. The van der Waals surface area contributed by atoms with E-state index in [2.05, 4.69) is 21.3 Å².